The summed E-state index contributed by atoms with van der Waals surface area (Å²) >= 11 is 0. The molecule has 150 valence electrons. The van der Waals surface area contributed by atoms with E-state index in [0.29, 0.717) is 17.9 Å². The lowest BCUT2D eigenvalue weighted by molar-refractivity contribution is 0.0948. The molecular weight excluding hydrogens is 378 g/mol. The molecule has 3 aromatic carbocycles. The first-order valence-corrected chi connectivity index (χ1v) is 9.46. The Kier molecular flexibility index (Phi) is 5.43. The van der Waals surface area contributed by atoms with Gasteiger partial charge in [-0.3, -0.25) is 4.79 Å². The van der Waals surface area contributed by atoms with Crippen LogP contribution in [0.2, 0.25) is 0 Å². The van der Waals surface area contributed by atoms with Crippen LogP contribution in [0.1, 0.15) is 21.5 Å². The second kappa shape index (κ2) is 8.48. The highest BCUT2D eigenvalue weighted by atomic mass is 16.5. The van der Waals surface area contributed by atoms with Crippen LogP contribution >= 0.6 is 0 Å². The summed E-state index contributed by atoms with van der Waals surface area (Å²) in [5.74, 6) is 0.604. The first-order chi connectivity index (χ1) is 14.6. The third-order valence-electron chi connectivity index (χ3n) is 4.46. The molecule has 0 radical (unpaired) electrons. The lowest BCUT2D eigenvalue weighted by atomic mass is 10.1. The maximum absolute atomic E-state index is 12.7. The molecule has 0 aliphatic rings. The van der Waals surface area contributed by atoms with E-state index in [1.54, 1.807) is 12.1 Å². The Morgan fingerprint density at radius 1 is 1.03 bits per heavy atom. The molecule has 0 aliphatic carbocycles. The van der Waals surface area contributed by atoms with Gasteiger partial charge in [-0.2, -0.15) is 9.67 Å². The van der Waals surface area contributed by atoms with E-state index < -0.39 is 0 Å². The molecule has 7 nitrogen and oxygen atoms in total. The van der Waals surface area contributed by atoms with E-state index >= 15 is 0 Å². The lowest BCUT2D eigenvalue weighted by Crippen LogP contribution is -2.16. The summed E-state index contributed by atoms with van der Waals surface area (Å²) < 4.78 is 6.93. The second-order valence-electron chi connectivity index (χ2n) is 6.80. The van der Waals surface area contributed by atoms with E-state index in [1.807, 2.05) is 73.7 Å². The van der Waals surface area contributed by atoms with Gasteiger partial charge in [0.1, 0.15) is 12.4 Å². The number of hydrogen-bond acceptors (Lipinski definition) is 6. The van der Waals surface area contributed by atoms with Crippen LogP contribution in [0.3, 0.4) is 0 Å². The molecule has 0 bridgehead atoms. The Balaban J connectivity index is 1.46. The molecule has 1 aromatic heterocycles. The standard InChI is InChI=1S/C23H21N5O2/c1-16-10-12-18(13-11-16)21(29)28-22(24)26-23(27-28)25-19-8-5-9-20(14-19)30-15-17-6-3-2-4-7-17/h2-14H,15H2,1H3,(H3,24,25,26,27). The normalized spacial score (nSPS) is 10.6. The summed E-state index contributed by atoms with van der Waals surface area (Å²) in [4.78, 5) is 16.8. The van der Waals surface area contributed by atoms with Gasteiger partial charge in [0.05, 0.1) is 0 Å². The zero-order valence-electron chi connectivity index (χ0n) is 16.4. The van der Waals surface area contributed by atoms with E-state index in [4.69, 9.17) is 10.5 Å². The smallest absolute Gasteiger partial charge is 0.281 e. The van der Waals surface area contributed by atoms with Gasteiger partial charge in [-0.1, -0.05) is 54.1 Å². The minimum atomic E-state index is -0.340. The van der Waals surface area contributed by atoms with Gasteiger partial charge in [-0.05, 0) is 36.8 Å². The molecule has 0 fully saturated rings. The number of hydrogen-bond donors (Lipinski definition) is 2. The van der Waals surface area contributed by atoms with E-state index in [2.05, 4.69) is 15.4 Å². The number of ether oxygens (including phenoxy) is 1. The summed E-state index contributed by atoms with van der Waals surface area (Å²) in [6.45, 7) is 2.42. The van der Waals surface area contributed by atoms with E-state index in [-0.39, 0.29) is 17.8 Å². The Morgan fingerprint density at radius 2 is 1.80 bits per heavy atom. The predicted molar refractivity (Wildman–Crippen MR) is 116 cm³/mol. The van der Waals surface area contributed by atoms with E-state index in [9.17, 15) is 4.79 Å². The fourth-order valence-electron chi connectivity index (χ4n) is 2.88. The van der Waals surface area contributed by atoms with Gasteiger partial charge < -0.3 is 15.8 Å². The van der Waals surface area contributed by atoms with Crippen LogP contribution in [0.5, 0.6) is 5.75 Å². The van der Waals surface area contributed by atoms with Crippen LogP contribution in [-0.4, -0.2) is 20.7 Å². The minimum absolute atomic E-state index is 0.0135. The molecule has 0 spiro atoms. The minimum Gasteiger partial charge on any atom is -0.489 e. The van der Waals surface area contributed by atoms with Gasteiger partial charge in [-0.15, -0.1) is 5.10 Å². The highest BCUT2D eigenvalue weighted by Crippen LogP contribution is 2.21. The number of nitrogen functional groups attached to an aromatic ring is 1. The van der Waals surface area contributed by atoms with Crippen molar-refractivity contribution in [3.8, 4) is 5.75 Å². The van der Waals surface area contributed by atoms with Crippen molar-refractivity contribution in [2.45, 2.75) is 13.5 Å². The second-order valence-corrected chi connectivity index (χ2v) is 6.80. The van der Waals surface area contributed by atoms with Crippen LogP contribution in [-0.2, 0) is 6.61 Å². The van der Waals surface area contributed by atoms with E-state index in [0.717, 1.165) is 21.5 Å². The predicted octanol–water partition coefficient (Wildman–Crippen LogP) is 4.18. The molecule has 0 amide bonds. The molecule has 0 atom stereocenters. The quantitative estimate of drug-likeness (QED) is 0.505. The lowest BCUT2D eigenvalue weighted by Gasteiger charge is -2.08. The Hall–Kier alpha value is -4.13. The number of nitrogens with one attached hydrogen (secondary N) is 1. The molecule has 1 heterocycles. The molecule has 0 saturated carbocycles. The Labute approximate surface area is 174 Å². The number of carbonyl (C=O) groups excluding carboxylic acids is 1. The maximum Gasteiger partial charge on any atom is 0.281 e. The average Bonchev–Trinajstić information content (AvgIpc) is 3.13. The van der Waals surface area contributed by atoms with Crippen molar-refractivity contribution in [2.75, 3.05) is 11.1 Å². The number of nitrogens with zero attached hydrogens (tertiary/aromatic N) is 3. The summed E-state index contributed by atoms with van der Waals surface area (Å²) in [7, 11) is 0. The van der Waals surface area contributed by atoms with Gasteiger partial charge in [0, 0.05) is 17.3 Å². The topological polar surface area (TPSA) is 95.1 Å². The third kappa shape index (κ3) is 4.47. The van der Waals surface area contributed by atoms with Crippen LogP contribution in [0, 0.1) is 6.92 Å². The Morgan fingerprint density at radius 3 is 2.57 bits per heavy atom. The SMILES string of the molecule is Cc1ccc(C(=O)n2nc(Nc3cccc(OCc4ccccc4)c3)nc2N)cc1. The van der Waals surface area contributed by atoms with Crippen LogP contribution in [0.4, 0.5) is 17.6 Å². The monoisotopic (exact) mass is 399 g/mol. The van der Waals surface area contributed by atoms with Crippen molar-refractivity contribution in [2.24, 2.45) is 0 Å². The number of aromatic nitrogens is 3. The number of aryl methyl sites for hydroxylation is 1. The summed E-state index contributed by atoms with van der Waals surface area (Å²) in [5, 5.41) is 7.27. The highest BCUT2D eigenvalue weighted by molar-refractivity contribution is 5.96. The van der Waals surface area contributed by atoms with Crippen LogP contribution < -0.4 is 15.8 Å². The number of carbonyl (C=O) groups is 1. The van der Waals surface area contributed by atoms with Crippen molar-refractivity contribution in [3.63, 3.8) is 0 Å². The fraction of sp³-hybridized carbons (Fsp3) is 0.0870. The molecule has 3 N–H and O–H groups in total. The summed E-state index contributed by atoms with van der Waals surface area (Å²) in [6, 6.07) is 24.5. The maximum atomic E-state index is 12.7. The van der Waals surface area contributed by atoms with Crippen molar-refractivity contribution in [1.29, 1.82) is 0 Å². The third-order valence-corrected chi connectivity index (χ3v) is 4.46. The van der Waals surface area contributed by atoms with E-state index in [1.165, 1.54) is 0 Å². The van der Waals surface area contributed by atoms with Crippen LogP contribution in [0.25, 0.3) is 0 Å². The first kappa shape index (κ1) is 19.2. The molecule has 0 aliphatic heterocycles. The summed E-state index contributed by atoms with van der Waals surface area (Å²) in [6.07, 6.45) is 0. The molecule has 7 heteroatoms. The zero-order valence-corrected chi connectivity index (χ0v) is 16.4. The average molecular weight is 399 g/mol. The highest BCUT2D eigenvalue weighted by Gasteiger charge is 2.16. The largest absolute Gasteiger partial charge is 0.489 e. The van der Waals surface area contributed by atoms with Gasteiger partial charge in [0.2, 0.25) is 11.9 Å². The molecule has 0 saturated heterocycles. The van der Waals surface area contributed by atoms with Crippen LogP contribution in [0.15, 0.2) is 78.9 Å². The van der Waals surface area contributed by atoms with Crippen molar-refractivity contribution >= 4 is 23.5 Å². The number of rotatable bonds is 6. The first-order valence-electron chi connectivity index (χ1n) is 9.46. The number of benzene rings is 3. The Bertz CT molecular complexity index is 1150. The molecule has 4 aromatic rings. The van der Waals surface area contributed by atoms with Gasteiger partial charge in [0.15, 0.2) is 0 Å². The molecule has 0 unspecified atom stereocenters. The van der Waals surface area contributed by atoms with Crippen molar-refractivity contribution < 1.29 is 9.53 Å². The van der Waals surface area contributed by atoms with Gasteiger partial charge in [-0.25, -0.2) is 0 Å². The number of nitrogens with two attached hydrogens (primary N) is 1. The van der Waals surface area contributed by atoms with Gasteiger partial charge in [0.25, 0.3) is 5.91 Å². The molecule has 4 rings (SSSR count). The number of anilines is 3. The zero-order chi connectivity index (χ0) is 20.9. The van der Waals surface area contributed by atoms with Crippen molar-refractivity contribution in [1.82, 2.24) is 14.8 Å². The fourth-order valence-corrected chi connectivity index (χ4v) is 2.88. The van der Waals surface area contributed by atoms with Crippen molar-refractivity contribution in [3.05, 3.63) is 95.6 Å². The molecule has 30 heavy (non-hydrogen) atoms. The van der Waals surface area contributed by atoms with Gasteiger partial charge >= 0.3 is 0 Å². The molecular formula is C23H21N5O2. The summed E-state index contributed by atoms with van der Waals surface area (Å²) in [5.41, 5.74) is 9.26.